The highest BCUT2D eigenvalue weighted by molar-refractivity contribution is 5.98. The molecule has 0 unspecified atom stereocenters. The summed E-state index contributed by atoms with van der Waals surface area (Å²) < 4.78 is 13.2. The first-order chi connectivity index (χ1) is 11.6. The van der Waals surface area contributed by atoms with Crippen LogP contribution in [0.5, 0.6) is 0 Å². The van der Waals surface area contributed by atoms with Gasteiger partial charge in [-0.25, -0.2) is 4.39 Å². The number of halogens is 1. The molecule has 0 bridgehead atoms. The van der Waals surface area contributed by atoms with Crippen molar-refractivity contribution in [2.24, 2.45) is 5.92 Å². The minimum atomic E-state index is -0.378. The van der Waals surface area contributed by atoms with Crippen LogP contribution >= 0.6 is 0 Å². The van der Waals surface area contributed by atoms with E-state index in [4.69, 9.17) is 0 Å². The lowest BCUT2D eigenvalue weighted by Crippen LogP contribution is -2.50. The summed E-state index contributed by atoms with van der Waals surface area (Å²) in [7, 11) is 0. The number of benzene rings is 1. The van der Waals surface area contributed by atoms with Gasteiger partial charge in [-0.1, -0.05) is 12.8 Å². The summed E-state index contributed by atoms with van der Waals surface area (Å²) >= 11 is 0. The van der Waals surface area contributed by atoms with Gasteiger partial charge in [-0.15, -0.1) is 0 Å². The Morgan fingerprint density at radius 2 is 1.75 bits per heavy atom. The van der Waals surface area contributed by atoms with Gasteiger partial charge in [0.25, 0.3) is 5.91 Å². The zero-order chi connectivity index (χ0) is 16.7. The van der Waals surface area contributed by atoms with Gasteiger partial charge in [-0.2, -0.15) is 0 Å². The lowest BCUT2D eigenvalue weighted by atomic mass is 9.84. The molecule has 1 aromatic rings. The van der Waals surface area contributed by atoms with Gasteiger partial charge in [0.15, 0.2) is 0 Å². The predicted octanol–water partition coefficient (Wildman–Crippen LogP) is 2.88. The fourth-order valence-corrected chi connectivity index (χ4v) is 4.25. The summed E-state index contributed by atoms with van der Waals surface area (Å²) in [5, 5.41) is 3.06. The lowest BCUT2D eigenvalue weighted by Gasteiger charge is -2.33. The predicted molar refractivity (Wildman–Crippen MR) is 87.9 cm³/mol. The smallest absolute Gasteiger partial charge is 0.254 e. The molecule has 24 heavy (non-hydrogen) atoms. The third-order valence-corrected chi connectivity index (χ3v) is 5.64. The van der Waals surface area contributed by atoms with E-state index in [9.17, 15) is 14.0 Å². The van der Waals surface area contributed by atoms with E-state index in [1.165, 1.54) is 30.7 Å². The third-order valence-electron chi connectivity index (χ3n) is 5.64. The Morgan fingerprint density at radius 1 is 1.04 bits per heavy atom. The van der Waals surface area contributed by atoms with Gasteiger partial charge in [0, 0.05) is 17.6 Å². The van der Waals surface area contributed by atoms with Crippen LogP contribution in [0, 0.1) is 11.7 Å². The zero-order valence-corrected chi connectivity index (χ0v) is 13.7. The molecule has 128 valence electrons. The molecule has 3 aliphatic rings. The first-order valence-corrected chi connectivity index (χ1v) is 9.02. The first-order valence-electron chi connectivity index (χ1n) is 9.02. The van der Waals surface area contributed by atoms with Crippen molar-refractivity contribution in [1.82, 2.24) is 10.2 Å². The average Bonchev–Trinajstić information content (AvgIpc) is 3.31. The Bertz CT molecular complexity index is 641. The Morgan fingerprint density at radius 3 is 2.46 bits per heavy atom. The monoisotopic (exact) mass is 330 g/mol. The van der Waals surface area contributed by atoms with Crippen molar-refractivity contribution in [3.8, 4) is 0 Å². The maximum absolute atomic E-state index is 13.2. The van der Waals surface area contributed by atoms with Crippen LogP contribution in [0.3, 0.4) is 0 Å². The molecular formula is C19H23FN2O2. The summed E-state index contributed by atoms with van der Waals surface area (Å²) in [4.78, 5) is 27.5. The number of rotatable bonds is 3. The molecule has 3 atom stereocenters. The van der Waals surface area contributed by atoms with Crippen molar-refractivity contribution in [2.75, 3.05) is 0 Å². The molecular weight excluding hydrogens is 307 g/mol. The molecule has 1 aliphatic heterocycles. The summed E-state index contributed by atoms with van der Waals surface area (Å²) in [5.74, 6) is -0.0904. The molecule has 1 N–H and O–H groups in total. The van der Waals surface area contributed by atoms with Gasteiger partial charge in [-0.3, -0.25) is 9.59 Å². The summed E-state index contributed by atoms with van der Waals surface area (Å²) in [6.07, 6.45) is 7.17. The number of fused-ring (bicyclic) bond motifs is 1. The zero-order valence-electron chi connectivity index (χ0n) is 13.7. The van der Waals surface area contributed by atoms with Crippen molar-refractivity contribution in [3.05, 3.63) is 35.6 Å². The van der Waals surface area contributed by atoms with E-state index in [-0.39, 0.29) is 29.7 Å². The molecule has 4 nitrogen and oxygen atoms in total. The standard InChI is InChI=1S/C19H23FN2O2/c20-14-7-5-12(6-8-14)19(24)22-16-4-2-1-3-13(16)11-17(22)18(23)21-15-9-10-15/h5-8,13,15-17H,1-4,9-11H2,(H,21,23)/t13-,16+,17+/m1/s1. The number of nitrogens with one attached hydrogen (secondary N) is 1. The second kappa shape index (κ2) is 6.19. The van der Waals surface area contributed by atoms with Crippen LogP contribution in [0.15, 0.2) is 24.3 Å². The molecule has 0 aromatic heterocycles. The topological polar surface area (TPSA) is 49.4 Å². The van der Waals surface area contributed by atoms with Gasteiger partial charge >= 0.3 is 0 Å². The van der Waals surface area contributed by atoms with Crippen molar-refractivity contribution in [2.45, 2.75) is 63.1 Å². The van der Waals surface area contributed by atoms with E-state index in [1.54, 1.807) is 4.90 Å². The third kappa shape index (κ3) is 2.92. The molecule has 2 saturated carbocycles. The van der Waals surface area contributed by atoms with Gasteiger partial charge in [0.05, 0.1) is 0 Å². The molecule has 0 radical (unpaired) electrons. The van der Waals surface area contributed by atoms with Gasteiger partial charge in [0.2, 0.25) is 5.91 Å². The molecule has 2 aliphatic carbocycles. The average molecular weight is 330 g/mol. The van der Waals surface area contributed by atoms with Crippen LogP contribution in [-0.2, 0) is 4.79 Å². The Kier molecular flexibility index (Phi) is 4.02. The molecule has 1 aromatic carbocycles. The lowest BCUT2D eigenvalue weighted by molar-refractivity contribution is -0.125. The highest BCUT2D eigenvalue weighted by atomic mass is 19.1. The van der Waals surface area contributed by atoms with Crippen molar-refractivity contribution in [1.29, 1.82) is 0 Å². The molecule has 5 heteroatoms. The van der Waals surface area contributed by atoms with Crippen LogP contribution in [0.25, 0.3) is 0 Å². The van der Waals surface area contributed by atoms with Gasteiger partial charge in [0.1, 0.15) is 11.9 Å². The number of carbonyl (C=O) groups excluding carboxylic acids is 2. The van der Waals surface area contributed by atoms with Crippen LogP contribution in [0.4, 0.5) is 4.39 Å². The minimum absolute atomic E-state index is 0.0117. The van der Waals surface area contributed by atoms with E-state index >= 15 is 0 Å². The summed E-state index contributed by atoms with van der Waals surface area (Å²) in [6.45, 7) is 0. The van der Waals surface area contributed by atoms with Crippen LogP contribution in [0.1, 0.15) is 55.3 Å². The molecule has 2 amide bonds. The SMILES string of the molecule is O=C(NC1CC1)[C@@H]1C[C@H]2CCCC[C@@H]2N1C(=O)c1ccc(F)cc1. The maximum atomic E-state index is 13.2. The van der Waals surface area contributed by atoms with E-state index < -0.39 is 0 Å². The van der Waals surface area contributed by atoms with Gasteiger partial charge in [-0.05, 0) is 62.3 Å². The normalized spacial score (nSPS) is 29.2. The Balaban J connectivity index is 1.60. The van der Waals surface area contributed by atoms with E-state index in [2.05, 4.69) is 5.32 Å². The quantitative estimate of drug-likeness (QED) is 0.926. The molecule has 0 spiro atoms. The Hall–Kier alpha value is -1.91. The number of carbonyl (C=O) groups is 2. The molecule has 4 rings (SSSR count). The fraction of sp³-hybridized carbons (Fsp3) is 0.579. The van der Waals surface area contributed by atoms with E-state index in [0.717, 1.165) is 38.5 Å². The number of hydrogen-bond acceptors (Lipinski definition) is 2. The molecule has 1 heterocycles. The van der Waals surface area contributed by atoms with Crippen LogP contribution in [-0.4, -0.2) is 34.8 Å². The first kappa shape index (κ1) is 15.6. The highest BCUT2D eigenvalue weighted by Crippen LogP contribution is 2.40. The number of nitrogens with zero attached hydrogens (tertiary/aromatic N) is 1. The largest absolute Gasteiger partial charge is 0.352 e. The Labute approximate surface area is 141 Å². The highest BCUT2D eigenvalue weighted by Gasteiger charge is 2.48. The number of likely N-dealkylation sites (tertiary alicyclic amines) is 1. The second-order valence-electron chi connectivity index (χ2n) is 7.37. The van der Waals surface area contributed by atoms with Gasteiger partial charge < -0.3 is 10.2 Å². The van der Waals surface area contributed by atoms with E-state index in [1.807, 2.05) is 0 Å². The maximum Gasteiger partial charge on any atom is 0.254 e. The number of amides is 2. The molecule has 3 fully saturated rings. The minimum Gasteiger partial charge on any atom is -0.352 e. The summed E-state index contributed by atoms with van der Waals surface area (Å²) in [6, 6.07) is 5.71. The second-order valence-corrected chi connectivity index (χ2v) is 7.37. The fourth-order valence-electron chi connectivity index (χ4n) is 4.25. The van der Waals surface area contributed by atoms with Crippen molar-refractivity contribution >= 4 is 11.8 Å². The number of hydrogen-bond donors (Lipinski definition) is 1. The van der Waals surface area contributed by atoms with Crippen molar-refractivity contribution in [3.63, 3.8) is 0 Å². The van der Waals surface area contributed by atoms with Crippen LogP contribution < -0.4 is 5.32 Å². The van der Waals surface area contributed by atoms with E-state index in [0.29, 0.717) is 17.5 Å². The van der Waals surface area contributed by atoms with Crippen molar-refractivity contribution < 1.29 is 14.0 Å². The summed E-state index contributed by atoms with van der Waals surface area (Å²) in [5.41, 5.74) is 0.465. The van der Waals surface area contributed by atoms with Crippen LogP contribution in [0.2, 0.25) is 0 Å². The molecule has 1 saturated heterocycles.